The number of thioether (sulfide) groups is 1. The highest BCUT2D eigenvalue weighted by molar-refractivity contribution is 7.99. The lowest BCUT2D eigenvalue weighted by Gasteiger charge is -2.05. The second-order valence-corrected chi connectivity index (χ2v) is 3.84. The van der Waals surface area contributed by atoms with Gasteiger partial charge >= 0.3 is 0 Å². The number of hydrogen-bond acceptors (Lipinski definition) is 3. The van der Waals surface area contributed by atoms with Crippen molar-refractivity contribution in [3.05, 3.63) is 30.3 Å². The van der Waals surface area contributed by atoms with Crippen LogP contribution in [0, 0.1) is 0 Å². The smallest absolute Gasteiger partial charge is 0.159 e. The van der Waals surface area contributed by atoms with Gasteiger partial charge in [0.05, 0.1) is 0 Å². The molecule has 1 aromatic rings. The van der Waals surface area contributed by atoms with Crippen molar-refractivity contribution in [1.29, 1.82) is 0 Å². The van der Waals surface area contributed by atoms with Crippen LogP contribution in [-0.2, 0) is 4.79 Å². The first-order chi connectivity index (χ1) is 6.20. The summed E-state index contributed by atoms with van der Waals surface area (Å²) in [4.78, 5) is 11.8. The lowest BCUT2D eigenvalue weighted by molar-refractivity contribution is -0.123. The van der Waals surface area contributed by atoms with E-state index in [4.69, 9.17) is 0 Å². The zero-order valence-corrected chi connectivity index (χ0v) is 8.25. The maximum atomic E-state index is 10.7. The average Bonchev–Trinajstić information content (AvgIpc) is 2.15. The molecule has 1 N–H and O–H groups in total. The van der Waals surface area contributed by atoms with Crippen LogP contribution >= 0.6 is 11.8 Å². The van der Waals surface area contributed by atoms with Crippen LogP contribution in [0.4, 0.5) is 0 Å². The number of benzene rings is 1. The minimum atomic E-state index is -0.842. The predicted octanol–water partition coefficient (Wildman–Crippen LogP) is 1.73. The monoisotopic (exact) mass is 196 g/mol. The summed E-state index contributed by atoms with van der Waals surface area (Å²) < 4.78 is 0. The molecule has 0 saturated carbocycles. The first-order valence-electron chi connectivity index (χ1n) is 4.06. The molecule has 2 nitrogen and oxygen atoms in total. The van der Waals surface area contributed by atoms with E-state index >= 15 is 0 Å². The second kappa shape index (κ2) is 5.04. The van der Waals surface area contributed by atoms with Gasteiger partial charge in [-0.15, -0.1) is 11.8 Å². The Bertz CT molecular complexity index is 272. The standard InChI is InChI=1S/C10H12O2S/c1-8(11)10(12)7-13-9-5-3-2-4-6-9/h2-6,10,12H,7H2,1H3. The van der Waals surface area contributed by atoms with E-state index < -0.39 is 6.10 Å². The minimum Gasteiger partial charge on any atom is -0.384 e. The molecule has 0 amide bonds. The Labute approximate surface area is 82.0 Å². The molecule has 70 valence electrons. The van der Waals surface area contributed by atoms with Crippen molar-refractivity contribution in [2.24, 2.45) is 0 Å². The lowest BCUT2D eigenvalue weighted by atomic mass is 10.3. The molecule has 0 aliphatic heterocycles. The molecular weight excluding hydrogens is 184 g/mol. The van der Waals surface area contributed by atoms with Crippen LogP contribution in [-0.4, -0.2) is 22.7 Å². The highest BCUT2D eigenvalue weighted by atomic mass is 32.2. The van der Waals surface area contributed by atoms with Gasteiger partial charge in [0.25, 0.3) is 0 Å². The molecule has 0 aromatic heterocycles. The van der Waals surface area contributed by atoms with Gasteiger partial charge in [0, 0.05) is 10.6 Å². The second-order valence-electron chi connectivity index (χ2n) is 2.75. The Hall–Kier alpha value is -0.800. The van der Waals surface area contributed by atoms with Gasteiger partial charge in [-0.2, -0.15) is 0 Å². The molecule has 0 bridgehead atoms. The van der Waals surface area contributed by atoms with E-state index in [1.807, 2.05) is 30.3 Å². The van der Waals surface area contributed by atoms with Gasteiger partial charge in [-0.3, -0.25) is 4.79 Å². The van der Waals surface area contributed by atoms with Gasteiger partial charge in [-0.25, -0.2) is 0 Å². The molecule has 0 radical (unpaired) electrons. The zero-order chi connectivity index (χ0) is 9.68. The van der Waals surface area contributed by atoms with Crippen LogP contribution in [0.3, 0.4) is 0 Å². The maximum Gasteiger partial charge on any atom is 0.159 e. The van der Waals surface area contributed by atoms with E-state index in [-0.39, 0.29) is 5.78 Å². The molecule has 1 unspecified atom stereocenters. The van der Waals surface area contributed by atoms with Crippen molar-refractivity contribution in [2.45, 2.75) is 17.9 Å². The molecule has 0 saturated heterocycles. The Balaban J connectivity index is 2.39. The third kappa shape index (κ3) is 3.61. The number of Topliss-reactive ketones (excluding diaryl/α,β-unsaturated/α-hetero) is 1. The minimum absolute atomic E-state index is 0.177. The van der Waals surface area contributed by atoms with E-state index in [0.717, 1.165) is 4.90 Å². The summed E-state index contributed by atoms with van der Waals surface area (Å²) in [5.41, 5.74) is 0. The van der Waals surface area contributed by atoms with Gasteiger partial charge in [0.2, 0.25) is 0 Å². The quantitative estimate of drug-likeness (QED) is 0.745. The molecular formula is C10H12O2S. The van der Waals surface area contributed by atoms with Gasteiger partial charge in [-0.1, -0.05) is 18.2 Å². The highest BCUT2D eigenvalue weighted by Crippen LogP contribution is 2.17. The van der Waals surface area contributed by atoms with Gasteiger partial charge in [-0.05, 0) is 19.1 Å². The molecule has 0 heterocycles. The summed E-state index contributed by atoms with van der Waals surface area (Å²) in [5, 5.41) is 9.22. The van der Waals surface area contributed by atoms with Gasteiger partial charge in [0.15, 0.2) is 5.78 Å². The van der Waals surface area contributed by atoms with Crippen molar-refractivity contribution < 1.29 is 9.90 Å². The summed E-state index contributed by atoms with van der Waals surface area (Å²) in [7, 11) is 0. The summed E-state index contributed by atoms with van der Waals surface area (Å²) in [5.74, 6) is 0.253. The zero-order valence-electron chi connectivity index (χ0n) is 7.43. The van der Waals surface area contributed by atoms with E-state index in [1.54, 1.807) is 0 Å². The van der Waals surface area contributed by atoms with Crippen LogP contribution in [0.15, 0.2) is 35.2 Å². The van der Waals surface area contributed by atoms with Crippen LogP contribution in [0.5, 0.6) is 0 Å². The normalized spacial score (nSPS) is 12.5. The van der Waals surface area contributed by atoms with E-state index in [0.29, 0.717) is 5.75 Å². The largest absolute Gasteiger partial charge is 0.384 e. The van der Waals surface area contributed by atoms with Crippen molar-refractivity contribution in [3.8, 4) is 0 Å². The Kier molecular flexibility index (Phi) is 3.99. The fourth-order valence-electron chi connectivity index (χ4n) is 0.809. The molecule has 0 fully saturated rings. The van der Waals surface area contributed by atoms with Crippen LogP contribution in [0.1, 0.15) is 6.92 Å². The molecule has 1 aromatic carbocycles. The van der Waals surface area contributed by atoms with Crippen LogP contribution in [0.25, 0.3) is 0 Å². The number of carbonyl (C=O) groups is 1. The first-order valence-corrected chi connectivity index (χ1v) is 5.05. The molecule has 13 heavy (non-hydrogen) atoms. The molecule has 3 heteroatoms. The molecule has 0 aliphatic rings. The number of hydrogen-bond donors (Lipinski definition) is 1. The summed E-state index contributed by atoms with van der Waals surface area (Å²) in [6.45, 7) is 1.40. The Morgan fingerprint density at radius 3 is 2.62 bits per heavy atom. The molecule has 0 aliphatic carbocycles. The first kappa shape index (κ1) is 10.3. The highest BCUT2D eigenvalue weighted by Gasteiger charge is 2.09. The van der Waals surface area contributed by atoms with Crippen LogP contribution < -0.4 is 0 Å². The van der Waals surface area contributed by atoms with Crippen LogP contribution in [0.2, 0.25) is 0 Å². The van der Waals surface area contributed by atoms with Crippen molar-refractivity contribution in [2.75, 3.05) is 5.75 Å². The van der Waals surface area contributed by atoms with E-state index in [9.17, 15) is 9.90 Å². The summed E-state index contributed by atoms with van der Waals surface area (Å²) in [6, 6.07) is 9.71. The van der Waals surface area contributed by atoms with Crippen molar-refractivity contribution in [3.63, 3.8) is 0 Å². The number of aliphatic hydroxyl groups excluding tert-OH is 1. The topological polar surface area (TPSA) is 37.3 Å². The van der Waals surface area contributed by atoms with E-state index in [2.05, 4.69) is 0 Å². The number of aliphatic hydroxyl groups is 1. The summed E-state index contributed by atoms with van der Waals surface area (Å²) >= 11 is 1.49. The molecule has 1 rings (SSSR count). The number of rotatable bonds is 4. The third-order valence-corrected chi connectivity index (χ3v) is 2.71. The van der Waals surface area contributed by atoms with Gasteiger partial charge in [0.1, 0.15) is 6.10 Å². The van der Waals surface area contributed by atoms with Gasteiger partial charge < -0.3 is 5.11 Å². The predicted molar refractivity (Wildman–Crippen MR) is 53.9 cm³/mol. The van der Waals surface area contributed by atoms with Crippen molar-refractivity contribution >= 4 is 17.5 Å². The SMILES string of the molecule is CC(=O)C(O)CSc1ccccc1. The van der Waals surface area contributed by atoms with E-state index in [1.165, 1.54) is 18.7 Å². The number of ketones is 1. The third-order valence-electron chi connectivity index (χ3n) is 1.62. The Morgan fingerprint density at radius 2 is 2.08 bits per heavy atom. The summed E-state index contributed by atoms with van der Waals surface area (Å²) in [6.07, 6.45) is -0.842. The lowest BCUT2D eigenvalue weighted by Crippen LogP contribution is -2.19. The fourth-order valence-corrected chi connectivity index (χ4v) is 1.74. The Morgan fingerprint density at radius 1 is 1.46 bits per heavy atom. The number of carbonyl (C=O) groups excluding carboxylic acids is 1. The molecule has 0 spiro atoms. The maximum absolute atomic E-state index is 10.7. The van der Waals surface area contributed by atoms with Crippen molar-refractivity contribution in [1.82, 2.24) is 0 Å². The average molecular weight is 196 g/mol. The fraction of sp³-hybridized carbons (Fsp3) is 0.300. The molecule has 1 atom stereocenters.